The summed E-state index contributed by atoms with van der Waals surface area (Å²) < 4.78 is 14.0. The lowest BCUT2D eigenvalue weighted by atomic mass is 10.0. The summed E-state index contributed by atoms with van der Waals surface area (Å²) in [6.45, 7) is 0. The predicted molar refractivity (Wildman–Crippen MR) is 79.5 cm³/mol. The number of non-ortho nitro benzene ring substituents is 1. The van der Waals surface area contributed by atoms with E-state index in [0.717, 1.165) is 10.0 Å². The second-order valence-electron chi connectivity index (χ2n) is 4.26. The van der Waals surface area contributed by atoms with Gasteiger partial charge >= 0.3 is 0 Å². The van der Waals surface area contributed by atoms with Crippen LogP contribution in [0.1, 0.15) is 16.5 Å². The van der Waals surface area contributed by atoms with E-state index in [0.29, 0.717) is 12.0 Å². The van der Waals surface area contributed by atoms with E-state index in [1.807, 2.05) is 0 Å². The lowest BCUT2D eigenvalue weighted by Gasteiger charge is -2.12. The topological polar surface area (TPSA) is 43.1 Å². The molecule has 104 valence electrons. The molecule has 6 heteroatoms. The van der Waals surface area contributed by atoms with Crippen molar-refractivity contribution in [3.05, 3.63) is 74.0 Å². The molecule has 0 saturated carbocycles. The molecule has 3 nitrogen and oxygen atoms in total. The highest BCUT2D eigenvalue weighted by Gasteiger charge is 2.14. The molecule has 0 aromatic heterocycles. The second kappa shape index (κ2) is 6.33. The molecule has 2 aromatic rings. The molecule has 0 heterocycles. The van der Waals surface area contributed by atoms with Crippen molar-refractivity contribution < 1.29 is 9.31 Å². The molecule has 0 spiro atoms. The van der Waals surface area contributed by atoms with E-state index in [1.165, 1.54) is 24.3 Å². The predicted octanol–water partition coefficient (Wildman–Crippen LogP) is 5.02. The molecule has 1 atom stereocenters. The van der Waals surface area contributed by atoms with Crippen LogP contribution in [0.15, 0.2) is 46.9 Å². The smallest absolute Gasteiger partial charge is 0.258 e. The third kappa shape index (κ3) is 3.55. The van der Waals surface area contributed by atoms with E-state index in [9.17, 15) is 14.5 Å². The fraction of sp³-hybridized carbons (Fsp3) is 0.143. The molecule has 2 aromatic carbocycles. The Morgan fingerprint density at radius 2 is 1.90 bits per heavy atom. The van der Waals surface area contributed by atoms with E-state index in [1.54, 1.807) is 18.2 Å². The van der Waals surface area contributed by atoms with Gasteiger partial charge in [0.05, 0.1) is 10.3 Å². The summed E-state index contributed by atoms with van der Waals surface area (Å²) >= 11 is 9.62. The van der Waals surface area contributed by atoms with Gasteiger partial charge in [-0.3, -0.25) is 10.1 Å². The monoisotopic (exact) mass is 357 g/mol. The minimum atomic E-state index is -0.453. The molecule has 20 heavy (non-hydrogen) atoms. The fourth-order valence-electron chi connectivity index (χ4n) is 1.83. The maximum absolute atomic E-state index is 13.2. The Morgan fingerprint density at radius 3 is 2.50 bits per heavy atom. The Morgan fingerprint density at radius 1 is 1.25 bits per heavy atom. The summed E-state index contributed by atoms with van der Waals surface area (Å²) in [6, 6.07) is 10.5. The van der Waals surface area contributed by atoms with Crippen molar-refractivity contribution >= 4 is 33.2 Å². The van der Waals surface area contributed by atoms with Crippen LogP contribution >= 0.6 is 27.5 Å². The number of hydrogen-bond donors (Lipinski definition) is 0. The van der Waals surface area contributed by atoms with Crippen LogP contribution in [0.5, 0.6) is 0 Å². The lowest BCUT2D eigenvalue weighted by Crippen LogP contribution is -1.98. The molecule has 1 unspecified atom stereocenters. The number of nitro groups is 1. The largest absolute Gasteiger partial charge is 0.269 e. The zero-order valence-corrected chi connectivity index (χ0v) is 12.6. The summed E-state index contributed by atoms with van der Waals surface area (Å²) in [7, 11) is 0. The highest BCUT2D eigenvalue weighted by Crippen LogP contribution is 2.31. The van der Waals surface area contributed by atoms with E-state index in [4.69, 9.17) is 11.6 Å². The summed E-state index contributed by atoms with van der Waals surface area (Å²) in [5.41, 5.74) is 1.54. The summed E-state index contributed by atoms with van der Waals surface area (Å²) in [4.78, 5) is 10.1. The second-order valence-corrected chi connectivity index (χ2v) is 5.64. The van der Waals surface area contributed by atoms with Gasteiger partial charge in [0, 0.05) is 16.6 Å². The maximum Gasteiger partial charge on any atom is 0.269 e. The number of hydrogen-bond acceptors (Lipinski definition) is 2. The van der Waals surface area contributed by atoms with E-state index >= 15 is 0 Å². The standard InChI is InChI=1S/C14H10BrClFNO2/c15-13-6-3-10(17)8-12(13)14(16)7-9-1-4-11(5-2-9)18(19)20/h1-6,8,14H,7H2. The average Bonchev–Trinajstić information content (AvgIpc) is 2.42. The third-order valence-electron chi connectivity index (χ3n) is 2.86. The van der Waals surface area contributed by atoms with Crippen molar-refractivity contribution in [1.29, 1.82) is 0 Å². The van der Waals surface area contributed by atoms with Crippen molar-refractivity contribution in [3.8, 4) is 0 Å². The molecule has 0 fully saturated rings. The van der Waals surface area contributed by atoms with Gasteiger partial charge in [-0.2, -0.15) is 0 Å². The SMILES string of the molecule is O=[N+]([O-])c1ccc(CC(Cl)c2cc(F)ccc2Br)cc1. The first kappa shape index (κ1) is 14.9. The summed E-state index contributed by atoms with van der Waals surface area (Å²) in [5, 5.41) is 10.2. The third-order valence-corrected chi connectivity index (χ3v) is 3.97. The first-order valence-electron chi connectivity index (χ1n) is 5.79. The van der Waals surface area contributed by atoms with Crippen LogP contribution in [0, 0.1) is 15.9 Å². The van der Waals surface area contributed by atoms with Gasteiger partial charge in [-0.1, -0.05) is 28.1 Å². The highest BCUT2D eigenvalue weighted by molar-refractivity contribution is 9.10. The van der Waals surface area contributed by atoms with Crippen molar-refractivity contribution in [3.63, 3.8) is 0 Å². The molecule has 0 radical (unpaired) electrons. The first-order chi connectivity index (χ1) is 9.47. The molecule has 0 N–H and O–H groups in total. The van der Waals surface area contributed by atoms with Crippen LogP contribution in [-0.4, -0.2) is 4.92 Å². The normalized spacial score (nSPS) is 12.2. The molecule has 2 rings (SSSR count). The lowest BCUT2D eigenvalue weighted by molar-refractivity contribution is -0.384. The van der Waals surface area contributed by atoms with Crippen molar-refractivity contribution in [2.45, 2.75) is 11.8 Å². The van der Waals surface area contributed by atoms with E-state index in [-0.39, 0.29) is 11.5 Å². The van der Waals surface area contributed by atoms with Crippen LogP contribution in [0.25, 0.3) is 0 Å². The Bertz CT molecular complexity index is 634. The zero-order valence-electron chi connectivity index (χ0n) is 10.2. The van der Waals surface area contributed by atoms with Gasteiger partial charge in [-0.05, 0) is 35.7 Å². The molecule has 0 aliphatic rings. The van der Waals surface area contributed by atoms with Gasteiger partial charge in [0.15, 0.2) is 0 Å². The quantitative estimate of drug-likeness (QED) is 0.437. The van der Waals surface area contributed by atoms with Gasteiger partial charge in [0.25, 0.3) is 5.69 Å². The molecule has 0 aliphatic heterocycles. The highest BCUT2D eigenvalue weighted by atomic mass is 79.9. The van der Waals surface area contributed by atoms with Gasteiger partial charge in [0.1, 0.15) is 5.82 Å². The first-order valence-corrected chi connectivity index (χ1v) is 7.02. The molecule has 0 bridgehead atoms. The molecule has 0 amide bonds. The Kier molecular flexibility index (Phi) is 4.73. The Labute approximate surface area is 128 Å². The molecular weight excluding hydrogens is 349 g/mol. The van der Waals surface area contributed by atoms with Crippen LogP contribution in [0.4, 0.5) is 10.1 Å². The van der Waals surface area contributed by atoms with Crippen LogP contribution < -0.4 is 0 Å². The van der Waals surface area contributed by atoms with Gasteiger partial charge in [-0.25, -0.2) is 4.39 Å². The number of alkyl halides is 1. The minimum absolute atomic E-state index is 0.0341. The van der Waals surface area contributed by atoms with Crippen molar-refractivity contribution in [1.82, 2.24) is 0 Å². The molecule has 0 saturated heterocycles. The fourth-order valence-corrected chi connectivity index (χ4v) is 2.84. The number of rotatable bonds is 4. The minimum Gasteiger partial charge on any atom is -0.258 e. The van der Waals surface area contributed by atoms with Crippen molar-refractivity contribution in [2.75, 3.05) is 0 Å². The number of halogens is 3. The Hall–Kier alpha value is -1.46. The van der Waals surface area contributed by atoms with Crippen molar-refractivity contribution in [2.24, 2.45) is 0 Å². The number of nitrogens with zero attached hydrogens (tertiary/aromatic N) is 1. The maximum atomic E-state index is 13.2. The van der Waals surface area contributed by atoms with Crippen LogP contribution in [0.2, 0.25) is 0 Å². The summed E-state index contributed by atoms with van der Waals surface area (Å²) in [5.74, 6) is -0.349. The van der Waals surface area contributed by atoms with Gasteiger partial charge < -0.3 is 0 Å². The molecular formula is C14H10BrClFNO2. The van der Waals surface area contributed by atoms with Gasteiger partial charge in [-0.15, -0.1) is 11.6 Å². The van der Waals surface area contributed by atoms with E-state index in [2.05, 4.69) is 15.9 Å². The number of nitro benzene ring substituents is 1. The Balaban J connectivity index is 2.16. The number of benzene rings is 2. The zero-order chi connectivity index (χ0) is 14.7. The van der Waals surface area contributed by atoms with Crippen LogP contribution in [0.3, 0.4) is 0 Å². The van der Waals surface area contributed by atoms with Gasteiger partial charge in [0.2, 0.25) is 0 Å². The van der Waals surface area contributed by atoms with Crippen LogP contribution in [-0.2, 0) is 6.42 Å². The summed E-state index contributed by atoms with van der Waals surface area (Å²) in [6.07, 6.45) is 0.460. The van der Waals surface area contributed by atoms with E-state index < -0.39 is 10.3 Å². The average molecular weight is 359 g/mol. The molecule has 0 aliphatic carbocycles.